The van der Waals surface area contributed by atoms with Gasteiger partial charge in [0.15, 0.2) is 5.96 Å². The lowest BCUT2D eigenvalue weighted by Gasteiger charge is -2.37. The van der Waals surface area contributed by atoms with Crippen molar-refractivity contribution in [2.24, 2.45) is 22.6 Å². The largest absolute Gasteiger partial charge is 0.495 e. The summed E-state index contributed by atoms with van der Waals surface area (Å²) < 4.78 is 5.51. The molecule has 3 rings (SSSR count). The van der Waals surface area contributed by atoms with Crippen LogP contribution in [0.25, 0.3) is 0 Å². The van der Waals surface area contributed by atoms with Gasteiger partial charge in [0.25, 0.3) is 0 Å². The second kappa shape index (κ2) is 5.96. The Hall–Kier alpha value is -1.71. The Morgan fingerprint density at radius 2 is 2.10 bits per heavy atom. The molecule has 1 fully saturated rings. The lowest BCUT2D eigenvalue weighted by Crippen LogP contribution is -2.46. The van der Waals surface area contributed by atoms with E-state index in [9.17, 15) is 0 Å². The van der Waals surface area contributed by atoms with Crippen molar-refractivity contribution in [2.45, 2.75) is 38.6 Å². The first kappa shape index (κ1) is 14.2. The van der Waals surface area contributed by atoms with Crippen LogP contribution in [0.1, 0.15) is 32.6 Å². The van der Waals surface area contributed by atoms with E-state index in [2.05, 4.69) is 22.9 Å². The van der Waals surface area contributed by atoms with Gasteiger partial charge in [-0.15, -0.1) is 0 Å². The highest BCUT2D eigenvalue weighted by Gasteiger charge is 2.36. The highest BCUT2D eigenvalue weighted by Crippen LogP contribution is 2.38. The lowest BCUT2D eigenvalue weighted by atomic mass is 9.78. The summed E-state index contributed by atoms with van der Waals surface area (Å²) in [6.45, 7) is 3.17. The van der Waals surface area contributed by atoms with E-state index >= 15 is 0 Å². The van der Waals surface area contributed by atoms with Crippen LogP contribution in [-0.4, -0.2) is 25.7 Å². The first-order chi connectivity index (χ1) is 10.2. The van der Waals surface area contributed by atoms with Crippen LogP contribution in [0.15, 0.2) is 29.3 Å². The van der Waals surface area contributed by atoms with Gasteiger partial charge in [-0.05, 0) is 36.8 Å². The van der Waals surface area contributed by atoms with Gasteiger partial charge in [0.05, 0.1) is 25.4 Å². The van der Waals surface area contributed by atoms with Gasteiger partial charge in [0.2, 0.25) is 0 Å². The minimum Gasteiger partial charge on any atom is -0.495 e. The minimum absolute atomic E-state index is 0.379. The number of rotatable bonds is 3. The first-order valence-electron chi connectivity index (χ1n) is 7.93. The molecule has 0 amide bonds. The monoisotopic (exact) mass is 287 g/mol. The van der Waals surface area contributed by atoms with E-state index in [0.717, 1.165) is 23.9 Å². The Morgan fingerprint density at radius 3 is 2.86 bits per heavy atom. The molecule has 114 valence electrons. The van der Waals surface area contributed by atoms with Crippen LogP contribution in [0.5, 0.6) is 5.75 Å². The van der Waals surface area contributed by atoms with Crippen LogP contribution in [0, 0.1) is 11.8 Å². The van der Waals surface area contributed by atoms with Gasteiger partial charge in [0.1, 0.15) is 5.75 Å². The van der Waals surface area contributed by atoms with Crippen molar-refractivity contribution in [3.05, 3.63) is 24.3 Å². The zero-order valence-corrected chi connectivity index (χ0v) is 13.0. The predicted octanol–water partition coefficient (Wildman–Crippen LogP) is 3.02. The SMILES string of the molecule is COc1ccccc1N1C(N)=NCC1C1CCCC(C)C1. The molecule has 1 aliphatic heterocycles. The molecule has 21 heavy (non-hydrogen) atoms. The zero-order valence-electron chi connectivity index (χ0n) is 13.0. The van der Waals surface area contributed by atoms with E-state index in [0.29, 0.717) is 17.9 Å². The lowest BCUT2D eigenvalue weighted by molar-refractivity contribution is 0.253. The van der Waals surface area contributed by atoms with Gasteiger partial charge in [-0.1, -0.05) is 31.9 Å². The molecule has 0 bridgehead atoms. The average molecular weight is 287 g/mol. The molecule has 1 aromatic rings. The molecular formula is C17H25N3O. The summed E-state index contributed by atoms with van der Waals surface area (Å²) in [5.41, 5.74) is 7.23. The number of methoxy groups -OCH3 is 1. The molecule has 2 aliphatic rings. The van der Waals surface area contributed by atoms with Crippen LogP contribution in [0.4, 0.5) is 5.69 Å². The fourth-order valence-corrected chi connectivity index (χ4v) is 3.84. The highest BCUT2D eigenvalue weighted by atomic mass is 16.5. The maximum Gasteiger partial charge on any atom is 0.196 e. The molecule has 1 aromatic carbocycles. The summed E-state index contributed by atoms with van der Waals surface area (Å²) in [6.07, 6.45) is 5.23. The molecule has 1 aliphatic carbocycles. The van der Waals surface area contributed by atoms with Crippen LogP contribution in [-0.2, 0) is 0 Å². The van der Waals surface area contributed by atoms with Gasteiger partial charge in [-0.3, -0.25) is 4.99 Å². The smallest absolute Gasteiger partial charge is 0.196 e. The second-order valence-electron chi connectivity index (χ2n) is 6.34. The quantitative estimate of drug-likeness (QED) is 0.929. The van der Waals surface area contributed by atoms with E-state index in [1.54, 1.807) is 7.11 Å². The van der Waals surface area contributed by atoms with Gasteiger partial charge in [0, 0.05) is 0 Å². The normalized spacial score (nSPS) is 29.3. The van der Waals surface area contributed by atoms with E-state index in [-0.39, 0.29) is 0 Å². The molecule has 0 aromatic heterocycles. The van der Waals surface area contributed by atoms with Crippen molar-refractivity contribution < 1.29 is 4.74 Å². The Balaban J connectivity index is 1.88. The third kappa shape index (κ3) is 2.71. The van der Waals surface area contributed by atoms with Crippen LogP contribution in [0.3, 0.4) is 0 Å². The number of para-hydroxylation sites is 2. The third-order valence-corrected chi connectivity index (χ3v) is 4.88. The maximum atomic E-state index is 6.19. The molecule has 1 saturated carbocycles. The Morgan fingerprint density at radius 1 is 1.29 bits per heavy atom. The van der Waals surface area contributed by atoms with Gasteiger partial charge in [-0.2, -0.15) is 0 Å². The minimum atomic E-state index is 0.379. The van der Waals surface area contributed by atoms with E-state index in [4.69, 9.17) is 10.5 Å². The number of nitrogens with zero attached hydrogens (tertiary/aromatic N) is 2. The Labute approximate surface area is 127 Å². The number of aliphatic imine (C=N–C) groups is 1. The average Bonchev–Trinajstić information content (AvgIpc) is 2.89. The van der Waals surface area contributed by atoms with Crippen molar-refractivity contribution in [3.8, 4) is 5.75 Å². The van der Waals surface area contributed by atoms with Crippen molar-refractivity contribution >= 4 is 11.6 Å². The molecule has 3 unspecified atom stereocenters. The number of benzene rings is 1. The summed E-state index contributed by atoms with van der Waals surface area (Å²) in [7, 11) is 1.71. The van der Waals surface area contributed by atoms with Crippen molar-refractivity contribution in [1.82, 2.24) is 0 Å². The van der Waals surface area contributed by atoms with E-state index < -0.39 is 0 Å². The first-order valence-corrected chi connectivity index (χ1v) is 7.93. The number of guanidine groups is 1. The molecule has 1 heterocycles. The molecule has 0 spiro atoms. The van der Waals surface area contributed by atoms with Crippen LogP contribution < -0.4 is 15.4 Å². The molecule has 0 radical (unpaired) electrons. The molecule has 4 heteroatoms. The third-order valence-electron chi connectivity index (χ3n) is 4.88. The molecule has 4 nitrogen and oxygen atoms in total. The summed E-state index contributed by atoms with van der Waals surface area (Å²) in [5.74, 6) is 2.97. The summed E-state index contributed by atoms with van der Waals surface area (Å²) >= 11 is 0. The van der Waals surface area contributed by atoms with E-state index in [1.807, 2.05) is 18.2 Å². The van der Waals surface area contributed by atoms with Crippen molar-refractivity contribution in [3.63, 3.8) is 0 Å². The van der Waals surface area contributed by atoms with Gasteiger partial charge in [-0.25, -0.2) is 0 Å². The van der Waals surface area contributed by atoms with Gasteiger partial charge < -0.3 is 15.4 Å². The Bertz CT molecular complexity index is 529. The second-order valence-corrected chi connectivity index (χ2v) is 6.34. The number of anilines is 1. The Kier molecular flexibility index (Phi) is 4.04. The zero-order chi connectivity index (χ0) is 14.8. The molecule has 3 atom stereocenters. The van der Waals surface area contributed by atoms with E-state index in [1.165, 1.54) is 25.7 Å². The standard InChI is InChI=1S/C17H25N3O/c1-12-6-5-7-13(10-12)15-11-19-17(18)20(15)14-8-3-4-9-16(14)21-2/h3-4,8-9,12-13,15H,5-7,10-11H2,1-2H3,(H2,18,19). The predicted molar refractivity (Wildman–Crippen MR) is 86.9 cm³/mol. The maximum absolute atomic E-state index is 6.19. The fraction of sp³-hybridized carbons (Fsp3) is 0.588. The summed E-state index contributed by atoms with van der Waals surface area (Å²) in [5, 5.41) is 0. The fourth-order valence-electron chi connectivity index (χ4n) is 3.84. The topological polar surface area (TPSA) is 50.9 Å². The van der Waals surface area contributed by atoms with Crippen molar-refractivity contribution in [2.75, 3.05) is 18.6 Å². The highest BCUT2D eigenvalue weighted by molar-refractivity contribution is 5.98. The number of ether oxygens (including phenoxy) is 1. The number of nitrogens with two attached hydrogens (primary N) is 1. The van der Waals surface area contributed by atoms with Gasteiger partial charge >= 0.3 is 0 Å². The molecule has 0 saturated heterocycles. The summed E-state index contributed by atoms with van der Waals surface area (Å²) in [4.78, 5) is 6.71. The number of hydrogen-bond acceptors (Lipinski definition) is 4. The summed E-state index contributed by atoms with van der Waals surface area (Å²) in [6, 6.07) is 8.46. The molecule has 2 N–H and O–H groups in total. The number of hydrogen-bond donors (Lipinski definition) is 1. The van der Waals surface area contributed by atoms with Crippen molar-refractivity contribution in [1.29, 1.82) is 0 Å². The molecular weight excluding hydrogens is 262 g/mol. The van der Waals surface area contributed by atoms with Crippen LogP contribution in [0.2, 0.25) is 0 Å². The van der Waals surface area contributed by atoms with Crippen LogP contribution >= 0.6 is 0 Å².